The van der Waals surface area contributed by atoms with E-state index in [0.29, 0.717) is 12.2 Å². The van der Waals surface area contributed by atoms with Crippen LogP contribution in [0.5, 0.6) is 0 Å². The fraction of sp³-hybridized carbons (Fsp3) is 0.350. The van der Waals surface area contributed by atoms with Crippen LogP contribution in [0, 0.1) is 0 Å². The molecule has 0 saturated carbocycles. The highest BCUT2D eigenvalue weighted by Gasteiger charge is 2.24. The van der Waals surface area contributed by atoms with Gasteiger partial charge >= 0.3 is 5.97 Å². The molecule has 0 radical (unpaired) electrons. The van der Waals surface area contributed by atoms with E-state index in [1.807, 2.05) is 48.1 Å². The number of ether oxygens (including phenoxy) is 1. The Hall–Kier alpha value is -2.89. The summed E-state index contributed by atoms with van der Waals surface area (Å²) in [7, 11) is 0. The van der Waals surface area contributed by atoms with Gasteiger partial charge in [-0.1, -0.05) is 18.2 Å². The number of pyridine rings is 1. The van der Waals surface area contributed by atoms with Crippen molar-refractivity contribution in [3.05, 3.63) is 48.3 Å². The van der Waals surface area contributed by atoms with E-state index in [1.54, 1.807) is 6.20 Å². The summed E-state index contributed by atoms with van der Waals surface area (Å²) in [4.78, 5) is 19.3. The predicted octanol–water partition coefficient (Wildman–Crippen LogP) is 3.59. The van der Waals surface area contributed by atoms with Crippen LogP contribution in [0.1, 0.15) is 36.5 Å². The van der Waals surface area contributed by atoms with Crippen LogP contribution in [0.3, 0.4) is 0 Å². The van der Waals surface area contributed by atoms with Crippen molar-refractivity contribution < 1.29 is 9.53 Å². The molecule has 0 atom stereocenters. The molecule has 3 heterocycles. The minimum Gasteiger partial charge on any atom is -0.462 e. The zero-order valence-corrected chi connectivity index (χ0v) is 14.9. The topological polar surface area (TPSA) is 60.2 Å². The molecule has 2 aromatic heterocycles. The van der Waals surface area contributed by atoms with Crippen LogP contribution in [0.15, 0.2) is 42.7 Å². The summed E-state index contributed by atoms with van der Waals surface area (Å²) >= 11 is 0. The minimum absolute atomic E-state index is 0.324. The lowest BCUT2D eigenvalue weighted by molar-refractivity contribution is 0.0526. The summed E-state index contributed by atoms with van der Waals surface area (Å²) in [6, 6.07) is 9.91. The number of carbonyl (C=O) groups is 1. The predicted molar refractivity (Wildman–Crippen MR) is 101 cm³/mol. The monoisotopic (exact) mass is 350 g/mol. The van der Waals surface area contributed by atoms with E-state index in [9.17, 15) is 4.79 Å². The molecule has 0 spiro atoms. The molecule has 134 valence electrons. The number of esters is 1. The third-order valence-electron chi connectivity index (χ3n) is 4.74. The van der Waals surface area contributed by atoms with Crippen molar-refractivity contribution in [1.82, 2.24) is 14.8 Å². The third kappa shape index (κ3) is 2.92. The number of benzene rings is 1. The maximum atomic E-state index is 12.5. The zero-order chi connectivity index (χ0) is 17.9. The van der Waals surface area contributed by atoms with Crippen LogP contribution in [-0.2, 0) is 4.74 Å². The molecule has 0 N–H and O–H groups in total. The molecule has 26 heavy (non-hydrogen) atoms. The fourth-order valence-corrected chi connectivity index (χ4v) is 3.54. The zero-order valence-electron chi connectivity index (χ0n) is 14.9. The van der Waals surface area contributed by atoms with Crippen molar-refractivity contribution in [1.29, 1.82) is 0 Å². The van der Waals surface area contributed by atoms with Gasteiger partial charge in [0.25, 0.3) is 0 Å². The molecule has 6 nitrogen and oxygen atoms in total. The van der Waals surface area contributed by atoms with Crippen LogP contribution in [0.4, 0.5) is 5.69 Å². The van der Waals surface area contributed by atoms with Gasteiger partial charge in [-0.3, -0.25) is 0 Å². The Kier molecular flexibility index (Phi) is 4.56. The molecule has 6 heteroatoms. The van der Waals surface area contributed by atoms with Gasteiger partial charge in [0.15, 0.2) is 5.65 Å². The van der Waals surface area contributed by atoms with Gasteiger partial charge in [0.1, 0.15) is 5.56 Å². The first-order chi connectivity index (χ1) is 12.8. The molecule has 0 amide bonds. The highest BCUT2D eigenvalue weighted by Crippen LogP contribution is 2.33. The highest BCUT2D eigenvalue weighted by molar-refractivity contribution is 6.04. The van der Waals surface area contributed by atoms with Crippen LogP contribution in [0.2, 0.25) is 0 Å². The summed E-state index contributed by atoms with van der Waals surface area (Å²) in [5.74, 6) is -0.324. The van der Waals surface area contributed by atoms with Crippen molar-refractivity contribution in [3.8, 4) is 5.69 Å². The lowest BCUT2D eigenvalue weighted by Crippen LogP contribution is -2.31. The van der Waals surface area contributed by atoms with Crippen molar-refractivity contribution in [2.75, 3.05) is 24.6 Å². The van der Waals surface area contributed by atoms with E-state index in [2.05, 4.69) is 15.0 Å². The average molecular weight is 350 g/mol. The molecule has 1 aromatic carbocycles. The van der Waals surface area contributed by atoms with Gasteiger partial charge in [-0.25, -0.2) is 14.5 Å². The molecular weight excluding hydrogens is 328 g/mol. The number of carbonyl (C=O) groups excluding carboxylic acids is 1. The van der Waals surface area contributed by atoms with Gasteiger partial charge in [0, 0.05) is 19.3 Å². The van der Waals surface area contributed by atoms with Gasteiger partial charge in [-0.05, 0) is 38.3 Å². The quantitative estimate of drug-likeness (QED) is 0.673. The number of piperidine rings is 1. The number of anilines is 1. The second kappa shape index (κ2) is 7.15. The summed E-state index contributed by atoms with van der Waals surface area (Å²) in [5, 5.41) is 5.43. The Morgan fingerprint density at radius 1 is 1.12 bits per heavy atom. The minimum atomic E-state index is -0.324. The van der Waals surface area contributed by atoms with E-state index >= 15 is 0 Å². The summed E-state index contributed by atoms with van der Waals surface area (Å²) in [6.45, 7) is 4.03. The Morgan fingerprint density at radius 3 is 2.62 bits per heavy atom. The first kappa shape index (κ1) is 16.6. The summed E-state index contributed by atoms with van der Waals surface area (Å²) in [6.07, 6.45) is 6.91. The number of aromatic nitrogens is 3. The normalized spacial score (nSPS) is 14.6. The molecule has 3 aromatic rings. The van der Waals surface area contributed by atoms with Crippen LogP contribution < -0.4 is 4.90 Å². The van der Waals surface area contributed by atoms with Gasteiger partial charge in [-0.15, -0.1) is 0 Å². The Morgan fingerprint density at radius 2 is 1.88 bits per heavy atom. The molecule has 1 saturated heterocycles. The Bertz CT molecular complexity index is 914. The van der Waals surface area contributed by atoms with Gasteiger partial charge in [-0.2, -0.15) is 5.10 Å². The molecule has 0 aliphatic carbocycles. The van der Waals surface area contributed by atoms with E-state index < -0.39 is 0 Å². The summed E-state index contributed by atoms with van der Waals surface area (Å²) in [5.41, 5.74) is 3.12. The number of hydrogen-bond acceptors (Lipinski definition) is 5. The highest BCUT2D eigenvalue weighted by atomic mass is 16.5. The van der Waals surface area contributed by atoms with Crippen LogP contribution in [0.25, 0.3) is 16.7 Å². The van der Waals surface area contributed by atoms with E-state index in [-0.39, 0.29) is 5.97 Å². The molecule has 4 rings (SSSR count). The second-order valence-corrected chi connectivity index (χ2v) is 6.42. The molecule has 1 aliphatic rings. The number of rotatable bonds is 4. The standard InChI is InChI=1S/C20H22N4O2/c1-2-26-20(25)17-13-21-19-16(18(17)23-11-7-4-8-12-23)14-22-24(19)15-9-5-3-6-10-15/h3,5-6,9-10,13-14H,2,4,7-8,11-12H2,1H3. The lowest BCUT2D eigenvalue weighted by atomic mass is 10.1. The van der Waals surface area contributed by atoms with Gasteiger partial charge in [0.05, 0.1) is 29.6 Å². The van der Waals surface area contributed by atoms with Crippen molar-refractivity contribution in [3.63, 3.8) is 0 Å². The van der Waals surface area contributed by atoms with E-state index in [1.165, 1.54) is 6.42 Å². The third-order valence-corrected chi connectivity index (χ3v) is 4.74. The van der Waals surface area contributed by atoms with Crippen molar-refractivity contribution >= 4 is 22.7 Å². The lowest BCUT2D eigenvalue weighted by Gasteiger charge is -2.30. The number of para-hydroxylation sites is 1. The number of fused-ring (bicyclic) bond motifs is 1. The van der Waals surface area contributed by atoms with E-state index in [4.69, 9.17) is 4.74 Å². The molecule has 1 fully saturated rings. The number of nitrogens with zero attached hydrogens (tertiary/aromatic N) is 4. The van der Waals surface area contributed by atoms with Gasteiger partial charge < -0.3 is 9.64 Å². The maximum Gasteiger partial charge on any atom is 0.341 e. The largest absolute Gasteiger partial charge is 0.462 e. The van der Waals surface area contributed by atoms with Crippen molar-refractivity contribution in [2.24, 2.45) is 0 Å². The average Bonchev–Trinajstić information content (AvgIpc) is 3.13. The second-order valence-electron chi connectivity index (χ2n) is 6.42. The smallest absolute Gasteiger partial charge is 0.341 e. The Labute approximate surface area is 152 Å². The van der Waals surface area contributed by atoms with Crippen LogP contribution >= 0.6 is 0 Å². The molecule has 0 unspecified atom stereocenters. The van der Waals surface area contributed by atoms with Gasteiger partial charge in [0.2, 0.25) is 0 Å². The number of hydrogen-bond donors (Lipinski definition) is 0. The molecule has 0 bridgehead atoms. The SMILES string of the molecule is CCOC(=O)c1cnc2c(cnn2-c2ccccc2)c1N1CCCCC1. The molecular formula is C20H22N4O2. The maximum absolute atomic E-state index is 12.5. The first-order valence-corrected chi connectivity index (χ1v) is 9.14. The fourth-order valence-electron chi connectivity index (χ4n) is 3.54. The Balaban J connectivity index is 1.89. The van der Waals surface area contributed by atoms with Crippen molar-refractivity contribution in [2.45, 2.75) is 26.2 Å². The first-order valence-electron chi connectivity index (χ1n) is 9.14. The van der Waals surface area contributed by atoms with Crippen LogP contribution in [-0.4, -0.2) is 40.4 Å². The molecule has 1 aliphatic heterocycles. The summed E-state index contributed by atoms with van der Waals surface area (Å²) < 4.78 is 7.08. The van der Waals surface area contributed by atoms with E-state index in [0.717, 1.165) is 48.3 Å².